The van der Waals surface area contributed by atoms with Gasteiger partial charge >= 0.3 is 0 Å². The highest BCUT2D eigenvalue weighted by atomic mass is 16.3. The van der Waals surface area contributed by atoms with E-state index in [1.807, 2.05) is 13.8 Å². The molecule has 19 heavy (non-hydrogen) atoms. The van der Waals surface area contributed by atoms with Gasteiger partial charge in [-0.1, -0.05) is 13.8 Å². The zero-order chi connectivity index (χ0) is 14.6. The van der Waals surface area contributed by atoms with E-state index in [9.17, 15) is 15.0 Å². The summed E-state index contributed by atoms with van der Waals surface area (Å²) in [6.07, 6.45) is 0.694. The van der Waals surface area contributed by atoms with Crippen molar-refractivity contribution in [1.29, 1.82) is 0 Å². The van der Waals surface area contributed by atoms with Crippen LogP contribution in [0.25, 0.3) is 0 Å². The molecule has 0 aliphatic rings. The van der Waals surface area contributed by atoms with E-state index in [2.05, 4.69) is 0 Å². The third kappa shape index (κ3) is 4.13. The molecule has 1 aromatic carbocycles. The molecule has 1 atom stereocenters. The predicted octanol–water partition coefficient (Wildman–Crippen LogP) is 1.54. The van der Waals surface area contributed by atoms with Crippen LogP contribution in [0.3, 0.4) is 0 Å². The molecule has 0 aliphatic carbocycles. The fourth-order valence-corrected chi connectivity index (χ4v) is 1.68. The number of rotatable bonds is 5. The first-order chi connectivity index (χ1) is 8.82. The highest BCUT2D eigenvalue weighted by molar-refractivity contribution is 5.97. The number of phenolic OH excluding ortho intramolecular Hbond substituents is 2. The van der Waals surface area contributed by atoms with Crippen LogP contribution in [0.1, 0.15) is 30.6 Å². The molecule has 0 saturated heterocycles. The smallest absolute Gasteiger partial charge is 0.257 e. The Labute approximate surface area is 113 Å². The van der Waals surface area contributed by atoms with E-state index < -0.39 is 0 Å². The fourth-order valence-electron chi connectivity index (χ4n) is 1.68. The van der Waals surface area contributed by atoms with Crippen molar-refractivity contribution in [2.24, 2.45) is 11.7 Å². The minimum atomic E-state index is -0.329. The Bertz CT molecular complexity index is 446. The summed E-state index contributed by atoms with van der Waals surface area (Å²) in [6, 6.07) is 3.93. The van der Waals surface area contributed by atoms with Crippen molar-refractivity contribution in [3.8, 4) is 11.5 Å². The van der Waals surface area contributed by atoms with Gasteiger partial charge in [0.25, 0.3) is 5.91 Å². The van der Waals surface area contributed by atoms with E-state index in [0.29, 0.717) is 18.9 Å². The van der Waals surface area contributed by atoms with Gasteiger partial charge in [0.1, 0.15) is 11.5 Å². The molecule has 0 radical (unpaired) electrons. The number of aromatic hydroxyl groups is 2. The van der Waals surface area contributed by atoms with Crippen LogP contribution in [0.2, 0.25) is 0 Å². The van der Waals surface area contributed by atoms with Crippen LogP contribution in [0.4, 0.5) is 0 Å². The zero-order valence-corrected chi connectivity index (χ0v) is 11.6. The molecule has 0 aromatic heterocycles. The molecule has 4 N–H and O–H groups in total. The van der Waals surface area contributed by atoms with E-state index in [0.717, 1.165) is 0 Å². The second-order valence-corrected chi connectivity index (χ2v) is 5.12. The lowest BCUT2D eigenvalue weighted by Gasteiger charge is -2.22. The van der Waals surface area contributed by atoms with Crippen LogP contribution in [-0.2, 0) is 0 Å². The second-order valence-electron chi connectivity index (χ2n) is 5.12. The number of phenols is 2. The SMILES string of the molecule is CC(C)C(N)CCN(C)C(=O)c1cc(O)ccc1O. The van der Waals surface area contributed by atoms with Gasteiger partial charge in [0.2, 0.25) is 0 Å². The van der Waals surface area contributed by atoms with Gasteiger partial charge in [-0.2, -0.15) is 0 Å². The summed E-state index contributed by atoms with van der Waals surface area (Å²) in [6.45, 7) is 4.58. The number of amides is 1. The summed E-state index contributed by atoms with van der Waals surface area (Å²) >= 11 is 0. The maximum atomic E-state index is 12.1. The van der Waals surface area contributed by atoms with Gasteiger partial charge in [-0.3, -0.25) is 4.79 Å². The standard InChI is InChI=1S/C14H22N2O3/c1-9(2)12(15)6-7-16(3)14(19)11-8-10(17)4-5-13(11)18/h4-5,8-9,12,17-18H,6-7,15H2,1-3H3. The van der Waals surface area contributed by atoms with Gasteiger partial charge in [-0.05, 0) is 30.5 Å². The number of carbonyl (C=O) groups excluding carboxylic acids is 1. The van der Waals surface area contributed by atoms with Crippen molar-refractivity contribution in [2.75, 3.05) is 13.6 Å². The predicted molar refractivity (Wildman–Crippen MR) is 74.2 cm³/mol. The lowest BCUT2D eigenvalue weighted by molar-refractivity contribution is 0.0785. The zero-order valence-electron chi connectivity index (χ0n) is 11.6. The summed E-state index contributed by atoms with van der Waals surface area (Å²) in [5, 5.41) is 19.0. The number of hydrogen-bond donors (Lipinski definition) is 3. The number of benzene rings is 1. The molecule has 0 heterocycles. The quantitative estimate of drug-likeness (QED) is 0.706. The van der Waals surface area contributed by atoms with Crippen molar-refractivity contribution in [3.05, 3.63) is 23.8 Å². The van der Waals surface area contributed by atoms with Crippen molar-refractivity contribution >= 4 is 5.91 Å². The highest BCUT2D eigenvalue weighted by Gasteiger charge is 2.17. The molecule has 0 bridgehead atoms. The highest BCUT2D eigenvalue weighted by Crippen LogP contribution is 2.23. The lowest BCUT2D eigenvalue weighted by atomic mass is 10.0. The van der Waals surface area contributed by atoms with Gasteiger partial charge < -0.3 is 20.8 Å². The third-order valence-electron chi connectivity index (χ3n) is 3.21. The molecule has 1 unspecified atom stereocenters. The Morgan fingerprint density at radius 1 is 1.37 bits per heavy atom. The number of nitrogens with two attached hydrogens (primary N) is 1. The molecule has 1 amide bonds. The van der Waals surface area contributed by atoms with E-state index in [4.69, 9.17) is 5.73 Å². The van der Waals surface area contributed by atoms with Crippen LogP contribution in [0.5, 0.6) is 11.5 Å². The first-order valence-electron chi connectivity index (χ1n) is 6.36. The second kappa shape index (κ2) is 6.43. The van der Waals surface area contributed by atoms with Crippen molar-refractivity contribution in [1.82, 2.24) is 4.90 Å². The molecule has 0 aliphatic heterocycles. The molecule has 0 saturated carbocycles. The Morgan fingerprint density at radius 3 is 2.58 bits per heavy atom. The van der Waals surface area contributed by atoms with Gasteiger partial charge in [-0.15, -0.1) is 0 Å². The molecule has 5 nitrogen and oxygen atoms in total. The average molecular weight is 266 g/mol. The Morgan fingerprint density at radius 2 is 2.00 bits per heavy atom. The Hall–Kier alpha value is -1.75. The van der Waals surface area contributed by atoms with Crippen LogP contribution >= 0.6 is 0 Å². The van der Waals surface area contributed by atoms with Gasteiger partial charge in [0.05, 0.1) is 5.56 Å². The maximum Gasteiger partial charge on any atom is 0.257 e. The normalized spacial score (nSPS) is 12.5. The molecular formula is C14H22N2O3. The minimum absolute atomic E-state index is 0.0352. The summed E-state index contributed by atoms with van der Waals surface area (Å²) in [5.74, 6) is -0.154. The Balaban J connectivity index is 2.69. The number of nitrogens with zero attached hydrogens (tertiary/aromatic N) is 1. The van der Waals surface area contributed by atoms with Crippen LogP contribution in [0.15, 0.2) is 18.2 Å². The molecular weight excluding hydrogens is 244 g/mol. The van der Waals surface area contributed by atoms with Crippen molar-refractivity contribution in [2.45, 2.75) is 26.3 Å². The van der Waals surface area contributed by atoms with Gasteiger partial charge in [0, 0.05) is 19.6 Å². The summed E-state index contributed by atoms with van der Waals surface area (Å²) in [7, 11) is 1.65. The van der Waals surface area contributed by atoms with E-state index >= 15 is 0 Å². The van der Waals surface area contributed by atoms with Crippen LogP contribution in [-0.4, -0.2) is 40.7 Å². The summed E-state index contributed by atoms with van der Waals surface area (Å²) in [4.78, 5) is 13.6. The number of hydrogen-bond acceptors (Lipinski definition) is 4. The monoisotopic (exact) mass is 266 g/mol. The molecule has 0 spiro atoms. The van der Waals surface area contributed by atoms with Crippen molar-refractivity contribution < 1.29 is 15.0 Å². The molecule has 106 valence electrons. The first-order valence-corrected chi connectivity index (χ1v) is 6.36. The molecule has 5 heteroatoms. The molecule has 0 fully saturated rings. The van der Waals surface area contributed by atoms with Crippen molar-refractivity contribution in [3.63, 3.8) is 0 Å². The fraction of sp³-hybridized carbons (Fsp3) is 0.500. The topological polar surface area (TPSA) is 86.8 Å². The van der Waals surface area contributed by atoms with Crippen LogP contribution < -0.4 is 5.73 Å². The van der Waals surface area contributed by atoms with Crippen LogP contribution in [0, 0.1) is 5.92 Å². The minimum Gasteiger partial charge on any atom is -0.508 e. The Kier molecular flexibility index (Phi) is 5.18. The lowest BCUT2D eigenvalue weighted by Crippen LogP contribution is -2.34. The molecule has 1 aromatic rings. The average Bonchev–Trinajstić information content (AvgIpc) is 2.37. The largest absolute Gasteiger partial charge is 0.508 e. The van der Waals surface area contributed by atoms with Gasteiger partial charge in [0.15, 0.2) is 0 Å². The van der Waals surface area contributed by atoms with E-state index in [1.54, 1.807) is 7.05 Å². The summed E-state index contributed by atoms with van der Waals surface area (Å²) in [5.41, 5.74) is 6.03. The molecule has 1 rings (SSSR count). The van der Waals surface area contributed by atoms with Gasteiger partial charge in [-0.25, -0.2) is 0 Å². The maximum absolute atomic E-state index is 12.1. The third-order valence-corrected chi connectivity index (χ3v) is 3.21. The van der Waals surface area contributed by atoms with E-state index in [-0.39, 0.29) is 29.0 Å². The first kappa shape index (κ1) is 15.3. The number of carbonyl (C=O) groups is 1. The summed E-state index contributed by atoms with van der Waals surface area (Å²) < 4.78 is 0. The van der Waals surface area contributed by atoms with E-state index in [1.165, 1.54) is 23.1 Å².